The Morgan fingerprint density at radius 3 is 2.24 bits per heavy atom. The molecule has 0 unspecified atom stereocenters. The first-order valence-electron chi connectivity index (χ1n) is 5.30. The van der Waals surface area contributed by atoms with Gasteiger partial charge in [0.05, 0.1) is 0 Å². The smallest absolute Gasteiger partial charge is 0.133 e. The summed E-state index contributed by atoms with van der Waals surface area (Å²) in [4.78, 5) is 0. The fraction of sp³-hybridized carbons (Fsp3) is 0.143. The molecule has 2 aromatic carbocycles. The van der Waals surface area contributed by atoms with Gasteiger partial charge in [0.25, 0.3) is 0 Å². The van der Waals surface area contributed by atoms with E-state index in [-0.39, 0.29) is 0 Å². The molecule has 0 saturated heterocycles. The molecule has 0 heterocycles. The molecular formula is C14H13F2N. The van der Waals surface area contributed by atoms with E-state index >= 15 is 0 Å². The number of aryl methyl sites for hydroxylation is 2. The highest BCUT2D eigenvalue weighted by Crippen LogP contribution is 2.27. The number of benzene rings is 2. The van der Waals surface area contributed by atoms with Crippen molar-refractivity contribution in [3.8, 4) is 11.1 Å². The Labute approximate surface area is 98.9 Å². The molecule has 0 saturated carbocycles. The monoisotopic (exact) mass is 233 g/mol. The second-order valence-corrected chi connectivity index (χ2v) is 4.21. The molecule has 0 amide bonds. The van der Waals surface area contributed by atoms with E-state index in [1.165, 1.54) is 6.07 Å². The van der Waals surface area contributed by atoms with E-state index in [0.29, 0.717) is 22.4 Å². The van der Waals surface area contributed by atoms with Crippen LogP contribution >= 0.6 is 0 Å². The van der Waals surface area contributed by atoms with Gasteiger partial charge < -0.3 is 5.73 Å². The van der Waals surface area contributed by atoms with Crippen molar-refractivity contribution in [1.82, 2.24) is 0 Å². The summed E-state index contributed by atoms with van der Waals surface area (Å²) in [5.41, 5.74) is 8.70. The Kier molecular flexibility index (Phi) is 2.84. The number of anilines is 1. The van der Waals surface area contributed by atoms with Crippen molar-refractivity contribution < 1.29 is 8.78 Å². The largest absolute Gasteiger partial charge is 0.399 e. The quantitative estimate of drug-likeness (QED) is 0.744. The van der Waals surface area contributed by atoms with Crippen LogP contribution in [0.4, 0.5) is 14.5 Å². The van der Waals surface area contributed by atoms with Gasteiger partial charge in [-0.05, 0) is 48.7 Å². The standard InChI is InChI=1S/C14H13F2N/c1-8-3-10(6-11(17)4-8)12-5-9(2)13(15)7-14(12)16/h3-7H,17H2,1-2H3. The molecule has 2 rings (SSSR count). The number of halogens is 2. The van der Waals surface area contributed by atoms with Gasteiger partial charge in [-0.1, -0.05) is 6.07 Å². The van der Waals surface area contributed by atoms with E-state index in [1.54, 1.807) is 19.1 Å². The minimum Gasteiger partial charge on any atom is -0.399 e. The van der Waals surface area contributed by atoms with Gasteiger partial charge in [-0.2, -0.15) is 0 Å². The van der Waals surface area contributed by atoms with Crippen LogP contribution in [0.5, 0.6) is 0 Å². The van der Waals surface area contributed by atoms with Crippen molar-refractivity contribution in [2.24, 2.45) is 0 Å². The molecule has 0 atom stereocenters. The molecule has 0 radical (unpaired) electrons. The number of nitrogen functional groups attached to an aromatic ring is 1. The van der Waals surface area contributed by atoms with Gasteiger partial charge >= 0.3 is 0 Å². The van der Waals surface area contributed by atoms with Crippen molar-refractivity contribution in [3.63, 3.8) is 0 Å². The number of nitrogens with two attached hydrogens (primary N) is 1. The first kappa shape index (κ1) is 11.6. The molecule has 0 aromatic heterocycles. The van der Waals surface area contributed by atoms with Crippen LogP contribution in [0.1, 0.15) is 11.1 Å². The Balaban J connectivity index is 2.64. The van der Waals surface area contributed by atoms with E-state index in [2.05, 4.69) is 0 Å². The van der Waals surface area contributed by atoms with Crippen LogP contribution in [-0.4, -0.2) is 0 Å². The Morgan fingerprint density at radius 2 is 1.59 bits per heavy atom. The molecule has 3 heteroatoms. The van der Waals surface area contributed by atoms with Gasteiger partial charge in [-0.3, -0.25) is 0 Å². The van der Waals surface area contributed by atoms with Crippen LogP contribution < -0.4 is 5.73 Å². The molecule has 17 heavy (non-hydrogen) atoms. The average molecular weight is 233 g/mol. The first-order chi connectivity index (χ1) is 7.97. The molecule has 0 aliphatic rings. The molecule has 2 aromatic rings. The Hall–Kier alpha value is -1.90. The molecule has 0 fully saturated rings. The van der Waals surface area contributed by atoms with Crippen LogP contribution in [0.3, 0.4) is 0 Å². The molecule has 0 aliphatic heterocycles. The molecule has 88 valence electrons. The van der Waals surface area contributed by atoms with Crippen LogP contribution in [0.25, 0.3) is 11.1 Å². The molecule has 0 aliphatic carbocycles. The maximum Gasteiger partial charge on any atom is 0.133 e. The molecule has 2 N–H and O–H groups in total. The van der Waals surface area contributed by atoms with Gasteiger partial charge in [-0.25, -0.2) is 8.78 Å². The summed E-state index contributed by atoms with van der Waals surface area (Å²) in [6.45, 7) is 3.49. The van der Waals surface area contributed by atoms with Gasteiger partial charge in [0.2, 0.25) is 0 Å². The van der Waals surface area contributed by atoms with Gasteiger partial charge in [0.1, 0.15) is 11.6 Å². The van der Waals surface area contributed by atoms with Crippen LogP contribution in [0.15, 0.2) is 30.3 Å². The number of hydrogen-bond donors (Lipinski definition) is 1. The zero-order valence-electron chi connectivity index (χ0n) is 9.72. The van der Waals surface area contributed by atoms with E-state index in [1.807, 2.05) is 13.0 Å². The minimum absolute atomic E-state index is 0.374. The van der Waals surface area contributed by atoms with Crippen molar-refractivity contribution in [2.75, 3.05) is 5.73 Å². The third kappa shape index (κ3) is 2.28. The van der Waals surface area contributed by atoms with Gasteiger partial charge in [0, 0.05) is 17.3 Å². The third-order valence-corrected chi connectivity index (χ3v) is 2.66. The van der Waals surface area contributed by atoms with E-state index in [9.17, 15) is 8.78 Å². The normalized spacial score (nSPS) is 10.6. The summed E-state index contributed by atoms with van der Waals surface area (Å²) < 4.78 is 26.9. The molecule has 1 nitrogen and oxygen atoms in total. The highest BCUT2D eigenvalue weighted by Gasteiger charge is 2.10. The van der Waals surface area contributed by atoms with Gasteiger partial charge in [0.15, 0.2) is 0 Å². The maximum atomic E-state index is 13.7. The van der Waals surface area contributed by atoms with Crippen molar-refractivity contribution in [3.05, 3.63) is 53.1 Å². The Bertz CT molecular complexity index is 556. The SMILES string of the molecule is Cc1cc(N)cc(-c2cc(C)c(F)cc2F)c1. The fourth-order valence-corrected chi connectivity index (χ4v) is 1.85. The minimum atomic E-state index is -0.571. The van der Waals surface area contributed by atoms with E-state index in [4.69, 9.17) is 5.73 Å². The topological polar surface area (TPSA) is 26.0 Å². The lowest BCUT2D eigenvalue weighted by atomic mass is 10.00. The Morgan fingerprint density at radius 1 is 0.882 bits per heavy atom. The second kappa shape index (κ2) is 4.17. The average Bonchev–Trinajstić information content (AvgIpc) is 2.22. The third-order valence-electron chi connectivity index (χ3n) is 2.66. The van der Waals surface area contributed by atoms with Crippen LogP contribution in [0.2, 0.25) is 0 Å². The summed E-state index contributed by atoms with van der Waals surface area (Å²) in [5, 5.41) is 0. The second-order valence-electron chi connectivity index (χ2n) is 4.21. The van der Waals surface area contributed by atoms with Gasteiger partial charge in [-0.15, -0.1) is 0 Å². The fourth-order valence-electron chi connectivity index (χ4n) is 1.85. The summed E-state index contributed by atoms with van der Waals surface area (Å²) in [7, 11) is 0. The predicted molar refractivity (Wildman–Crippen MR) is 65.7 cm³/mol. The summed E-state index contributed by atoms with van der Waals surface area (Å²) in [5.74, 6) is -1.11. The van der Waals surface area contributed by atoms with Crippen molar-refractivity contribution >= 4 is 5.69 Å². The zero-order valence-corrected chi connectivity index (χ0v) is 9.72. The van der Waals surface area contributed by atoms with Crippen molar-refractivity contribution in [1.29, 1.82) is 0 Å². The first-order valence-corrected chi connectivity index (χ1v) is 5.30. The molecule has 0 bridgehead atoms. The van der Waals surface area contributed by atoms with E-state index in [0.717, 1.165) is 11.6 Å². The maximum absolute atomic E-state index is 13.7. The zero-order chi connectivity index (χ0) is 12.6. The summed E-state index contributed by atoms with van der Waals surface area (Å²) in [6.07, 6.45) is 0. The lowest BCUT2D eigenvalue weighted by Crippen LogP contribution is -1.93. The number of hydrogen-bond acceptors (Lipinski definition) is 1. The highest BCUT2D eigenvalue weighted by molar-refractivity contribution is 5.69. The predicted octanol–water partition coefficient (Wildman–Crippen LogP) is 3.83. The summed E-state index contributed by atoms with van der Waals surface area (Å²) >= 11 is 0. The van der Waals surface area contributed by atoms with E-state index < -0.39 is 11.6 Å². The highest BCUT2D eigenvalue weighted by atomic mass is 19.1. The lowest BCUT2D eigenvalue weighted by Gasteiger charge is -2.08. The number of rotatable bonds is 1. The van der Waals surface area contributed by atoms with Crippen molar-refractivity contribution in [2.45, 2.75) is 13.8 Å². The summed E-state index contributed by atoms with van der Waals surface area (Å²) in [6, 6.07) is 7.72. The molecule has 0 spiro atoms. The lowest BCUT2D eigenvalue weighted by molar-refractivity contribution is 0.579. The molecular weight excluding hydrogens is 220 g/mol. The van der Waals surface area contributed by atoms with Crippen LogP contribution in [0, 0.1) is 25.5 Å². The van der Waals surface area contributed by atoms with Crippen LogP contribution in [-0.2, 0) is 0 Å².